The van der Waals surface area contributed by atoms with Crippen LogP contribution in [0.25, 0.3) is 33.6 Å². The summed E-state index contributed by atoms with van der Waals surface area (Å²) in [5.74, 6) is 0. The van der Waals surface area contributed by atoms with Crippen LogP contribution < -0.4 is 11.5 Å². The third-order valence-corrected chi connectivity index (χ3v) is 10.0. The summed E-state index contributed by atoms with van der Waals surface area (Å²) in [6.07, 6.45) is 3.96. The highest BCUT2D eigenvalue weighted by molar-refractivity contribution is 6.12. The third kappa shape index (κ3) is 7.56. The minimum atomic E-state index is -0.349. The molecule has 7 aromatic carbocycles. The number of allylic oxidation sites excluding steroid dienone is 1. The Morgan fingerprint density at radius 3 is 1.80 bits per heavy atom. The number of benzene rings is 7. The van der Waals surface area contributed by atoms with Crippen LogP contribution in [0, 0.1) is 0 Å². The zero-order valence-corrected chi connectivity index (χ0v) is 30.0. The van der Waals surface area contributed by atoms with Gasteiger partial charge >= 0.3 is 0 Å². The van der Waals surface area contributed by atoms with Gasteiger partial charge in [-0.25, -0.2) is 0 Å². The number of hydrogen-bond acceptors (Lipinski definition) is 4. The van der Waals surface area contributed by atoms with E-state index in [1.807, 2.05) is 36.4 Å². The number of nitrogens with two attached hydrogens (primary N) is 2. The maximum Gasteiger partial charge on any atom is 0.104 e. The van der Waals surface area contributed by atoms with Crippen LogP contribution in [0.5, 0.6) is 0 Å². The van der Waals surface area contributed by atoms with Crippen LogP contribution in [0.4, 0.5) is 0 Å². The van der Waals surface area contributed by atoms with Crippen molar-refractivity contribution >= 4 is 17.1 Å². The summed E-state index contributed by atoms with van der Waals surface area (Å²) < 4.78 is 0. The van der Waals surface area contributed by atoms with E-state index in [4.69, 9.17) is 16.5 Å². The molecule has 8 rings (SSSR count). The molecular weight excluding hydrogens is 657 g/mol. The Kier molecular flexibility index (Phi) is 10.1. The summed E-state index contributed by atoms with van der Waals surface area (Å²) in [7, 11) is 0. The summed E-state index contributed by atoms with van der Waals surface area (Å²) in [6.45, 7) is 0.539. The monoisotopic (exact) mass is 698 g/mol. The van der Waals surface area contributed by atoms with Gasteiger partial charge in [-0.15, -0.1) is 0 Å². The quantitative estimate of drug-likeness (QED) is 0.132. The molecule has 2 atom stereocenters. The third-order valence-electron chi connectivity index (χ3n) is 10.0. The van der Waals surface area contributed by atoms with Crippen molar-refractivity contribution in [2.45, 2.75) is 18.8 Å². The standard InChI is InChI=1S/C50H42N4/c51-46(39-29-27-38(28-30-39)37-17-7-2-8-18-37)33-47(53-35-36-15-5-1-6-16-36)44-25-13-23-42(31-44)43-24-14-26-45(32-43)50(52)54-48(40-19-9-3-10-20-40)34-49(54)41-21-11-4-12-22-41/h1-34,48,50H,35,51-52H2/b46-33-,53-47+/t48?,50-/m0/s1. The minimum Gasteiger partial charge on any atom is -0.398 e. The van der Waals surface area contributed by atoms with Gasteiger partial charge < -0.3 is 16.4 Å². The first kappa shape index (κ1) is 34.3. The van der Waals surface area contributed by atoms with Gasteiger partial charge in [-0.2, -0.15) is 0 Å². The highest BCUT2D eigenvalue weighted by atomic mass is 15.3. The molecule has 0 spiro atoms. The minimum absolute atomic E-state index is 0.0820. The van der Waals surface area contributed by atoms with Crippen LogP contribution in [0.15, 0.2) is 211 Å². The van der Waals surface area contributed by atoms with Gasteiger partial charge in [-0.05, 0) is 74.4 Å². The Balaban J connectivity index is 1.10. The van der Waals surface area contributed by atoms with E-state index in [-0.39, 0.29) is 12.2 Å². The summed E-state index contributed by atoms with van der Waals surface area (Å²) in [6, 6.07) is 67.3. The molecule has 1 heterocycles. The molecule has 0 fully saturated rings. The van der Waals surface area contributed by atoms with Gasteiger partial charge in [0.05, 0.1) is 18.3 Å². The highest BCUT2D eigenvalue weighted by Crippen LogP contribution is 2.45. The fourth-order valence-electron chi connectivity index (χ4n) is 7.09. The Morgan fingerprint density at radius 1 is 0.556 bits per heavy atom. The van der Waals surface area contributed by atoms with Gasteiger partial charge in [-0.1, -0.05) is 182 Å². The Bertz CT molecular complexity index is 2420. The number of aliphatic imine (C=N–C) groups is 1. The lowest BCUT2D eigenvalue weighted by atomic mass is 9.90. The second-order valence-electron chi connectivity index (χ2n) is 13.6. The molecule has 0 bridgehead atoms. The molecule has 0 aromatic heterocycles. The smallest absolute Gasteiger partial charge is 0.104 e. The van der Waals surface area contributed by atoms with Crippen LogP contribution in [0.3, 0.4) is 0 Å². The van der Waals surface area contributed by atoms with E-state index in [0.717, 1.165) is 55.9 Å². The van der Waals surface area contributed by atoms with E-state index in [1.165, 1.54) is 11.1 Å². The zero-order chi connectivity index (χ0) is 36.7. The van der Waals surface area contributed by atoms with Crippen molar-refractivity contribution in [2.24, 2.45) is 16.5 Å². The van der Waals surface area contributed by atoms with Crippen molar-refractivity contribution in [1.29, 1.82) is 0 Å². The molecule has 54 heavy (non-hydrogen) atoms. The maximum atomic E-state index is 7.17. The predicted octanol–water partition coefficient (Wildman–Crippen LogP) is 11.1. The van der Waals surface area contributed by atoms with Crippen molar-refractivity contribution in [3.63, 3.8) is 0 Å². The van der Waals surface area contributed by atoms with Crippen LogP contribution in [0.2, 0.25) is 0 Å². The molecular formula is C50H42N4. The molecule has 1 aliphatic heterocycles. The topological polar surface area (TPSA) is 67.6 Å². The lowest BCUT2D eigenvalue weighted by Gasteiger charge is -2.46. The second-order valence-corrected chi connectivity index (χ2v) is 13.6. The SMILES string of the molecule is N/C(=C\C(=N/Cc1ccccc1)c1cccc(-c2cccc([C@@H](N)N3C(c4ccccc4)=CC3c3ccccc3)c2)c1)c1ccc(-c2ccccc2)cc1. The van der Waals surface area contributed by atoms with E-state index < -0.39 is 0 Å². The largest absolute Gasteiger partial charge is 0.398 e. The fraction of sp³-hybridized carbons (Fsp3) is 0.0600. The molecule has 262 valence electrons. The lowest BCUT2D eigenvalue weighted by Crippen LogP contribution is -2.41. The molecule has 1 unspecified atom stereocenters. The van der Waals surface area contributed by atoms with Crippen molar-refractivity contribution in [3.05, 3.63) is 240 Å². The molecule has 0 aliphatic carbocycles. The fourth-order valence-corrected chi connectivity index (χ4v) is 7.09. The number of nitrogens with zero attached hydrogens (tertiary/aromatic N) is 2. The summed E-state index contributed by atoms with van der Waals surface area (Å²) in [4.78, 5) is 7.45. The van der Waals surface area contributed by atoms with Crippen molar-refractivity contribution in [3.8, 4) is 22.3 Å². The summed E-state index contributed by atoms with van der Waals surface area (Å²) >= 11 is 0. The number of rotatable bonds is 11. The Morgan fingerprint density at radius 2 is 1.11 bits per heavy atom. The first-order valence-electron chi connectivity index (χ1n) is 18.4. The lowest BCUT2D eigenvalue weighted by molar-refractivity contribution is 0.229. The molecule has 1 aliphatic rings. The average Bonchev–Trinajstić information content (AvgIpc) is 3.23. The maximum absolute atomic E-state index is 7.17. The molecule has 4 heteroatoms. The molecule has 4 N–H and O–H groups in total. The van der Waals surface area contributed by atoms with E-state index in [1.54, 1.807) is 0 Å². The van der Waals surface area contributed by atoms with E-state index >= 15 is 0 Å². The van der Waals surface area contributed by atoms with E-state index in [9.17, 15) is 0 Å². The Labute approximate surface area is 318 Å². The Hall–Kier alpha value is -6.75. The molecule has 4 nitrogen and oxygen atoms in total. The van der Waals surface area contributed by atoms with Crippen LogP contribution in [0.1, 0.15) is 45.6 Å². The van der Waals surface area contributed by atoms with Crippen molar-refractivity contribution < 1.29 is 0 Å². The van der Waals surface area contributed by atoms with Gasteiger partial charge in [-0.3, -0.25) is 4.99 Å². The van der Waals surface area contributed by atoms with Crippen molar-refractivity contribution in [2.75, 3.05) is 0 Å². The molecule has 0 radical (unpaired) electrons. The van der Waals surface area contributed by atoms with Gasteiger partial charge in [0.1, 0.15) is 6.17 Å². The van der Waals surface area contributed by atoms with Crippen LogP contribution >= 0.6 is 0 Å². The second kappa shape index (κ2) is 15.9. The first-order valence-corrected chi connectivity index (χ1v) is 18.4. The molecule has 7 aromatic rings. The molecule has 0 amide bonds. The summed E-state index contributed by atoms with van der Waals surface area (Å²) in [5.41, 5.74) is 27.6. The number of hydrogen-bond donors (Lipinski definition) is 2. The first-order chi connectivity index (χ1) is 26.6. The normalized spacial score (nSPS) is 14.9. The summed E-state index contributed by atoms with van der Waals surface area (Å²) in [5, 5.41) is 0. The van der Waals surface area contributed by atoms with Gasteiger partial charge in [0.2, 0.25) is 0 Å². The van der Waals surface area contributed by atoms with E-state index in [0.29, 0.717) is 12.2 Å². The highest BCUT2D eigenvalue weighted by Gasteiger charge is 2.35. The average molecular weight is 699 g/mol. The molecule has 0 saturated carbocycles. The predicted molar refractivity (Wildman–Crippen MR) is 225 cm³/mol. The van der Waals surface area contributed by atoms with Gasteiger partial charge in [0.25, 0.3) is 0 Å². The zero-order valence-electron chi connectivity index (χ0n) is 30.0. The molecule has 0 saturated heterocycles. The van der Waals surface area contributed by atoms with E-state index in [2.05, 4.69) is 175 Å². The van der Waals surface area contributed by atoms with Crippen molar-refractivity contribution in [1.82, 2.24) is 4.90 Å². The van der Waals surface area contributed by atoms with Crippen LogP contribution in [-0.4, -0.2) is 10.6 Å². The van der Waals surface area contributed by atoms with Gasteiger partial charge in [0, 0.05) is 17.0 Å². The van der Waals surface area contributed by atoms with Crippen LogP contribution in [-0.2, 0) is 6.54 Å². The van der Waals surface area contributed by atoms with Gasteiger partial charge in [0.15, 0.2) is 0 Å².